The molecule has 134 valence electrons. The third kappa shape index (κ3) is 4.46. The first-order chi connectivity index (χ1) is 12.7. The molecular weight excluding hydrogens is 346 g/mol. The molecule has 2 aromatic heterocycles. The quantitative estimate of drug-likeness (QED) is 0.454. The van der Waals surface area contributed by atoms with E-state index in [1.807, 2.05) is 55.6 Å². The van der Waals surface area contributed by atoms with Crippen LogP contribution < -0.4 is 10.1 Å². The topological polar surface area (TPSA) is 64.1 Å². The monoisotopic (exact) mass is 367 g/mol. The number of rotatable bonds is 7. The summed E-state index contributed by atoms with van der Waals surface area (Å²) in [6, 6.07) is 13.1. The minimum absolute atomic E-state index is 0.0634. The highest BCUT2D eigenvalue weighted by molar-refractivity contribution is 7.14. The first kappa shape index (κ1) is 18.1. The van der Waals surface area contributed by atoms with Crippen molar-refractivity contribution >= 4 is 28.1 Å². The van der Waals surface area contributed by atoms with Gasteiger partial charge in [-0.25, -0.2) is 4.98 Å². The smallest absolute Gasteiger partial charge is 0.314 e. The molecule has 0 bridgehead atoms. The maximum atomic E-state index is 12.1. The molecule has 0 radical (unpaired) electrons. The maximum absolute atomic E-state index is 12.1. The highest BCUT2D eigenvalue weighted by Crippen LogP contribution is 2.27. The van der Waals surface area contributed by atoms with E-state index in [1.54, 1.807) is 12.3 Å². The summed E-state index contributed by atoms with van der Waals surface area (Å²) < 4.78 is 5.51. The Morgan fingerprint density at radius 2 is 2.00 bits per heavy atom. The molecule has 3 rings (SSSR count). The lowest BCUT2D eigenvalue weighted by atomic mass is 10.0. The molecule has 0 saturated heterocycles. The van der Waals surface area contributed by atoms with Crippen LogP contribution in [0.3, 0.4) is 0 Å². The standard InChI is InChI=1S/C20H21N3O2S/c1-3-14(4-2)19(24)25-16-9-7-8-15(12-16)22-20-23-18(13-26-20)17-10-5-6-11-21-17/h5-14H,3-4H2,1-2H3,(H,22,23). The number of nitrogens with one attached hydrogen (secondary N) is 1. The van der Waals surface area contributed by atoms with Crippen molar-refractivity contribution in [3.05, 3.63) is 54.0 Å². The summed E-state index contributed by atoms with van der Waals surface area (Å²) in [4.78, 5) is 21.0. The molecular formula is C20H21N3O2S. The predicted molar refractivity (Wildman–Crippen MR) is 105 cm³/mol. The zero-order valence-corrected chi connectivity index (χ0v) is 15.6. The van der Waals surface area contributed by atoms with Crippen molar-refractivity contribution in [2.75, 3.05) is 5.32 Å². The number of ether oxygens (including phenoxy) is 1. The van der Waals surface area contributed by atoms with E-state index in [0.717, 1.165) is 35.0 Å². The van der Waals surface area contributed by atoms with Crippen LogP contribution in [0.1, 0.15) is 26.7 Å². The Morgan fingerprint density at radius 3 is 2.73 bits per heavy atom. The number of nitrogens with zero attached hydrogens (tertiary/aromatic N) is 2. The van der Waals surface area contributed by atoms with Gasteiger partial charge in [0.25, 0.3) is 0 Å². The van der Waals surface area contributed by atoms with Gasteiger partial charge in [-0.15, -0.1) is 11.3 Å². The van der Waals surface area contributed by atoms with Crippen molar-refractivity contribution in [2.24, 2.45) is 5.92 Å². The molecule has 0 aliphatic heterocycles. The Hall–Kier alpha value is -2.73. The van der Waals surface area contributed by atoms with Crippen LogP contribution in [-0.4, -0.2) is 15.9 Å². The molecule has 0 fully saturated rings. The third-order valence-electron chi connectivity index (χ3n) is 4.05. The van der Waals surface area contributed by atoms with Gasteiger partial charge in [-0.1, -0.05) is 26.0 Å². The van der Waals surface area contributed by atoms with Gasteiger partial charge in [0, 0.05) is 23.3 Å². The van der Waals surface area contributed by atoms with E-state index < -0.39 is 0 Å². The Morgan fingerprint density at radius 1 is 1.15 bits per heavy atom. The Balaban J connectivity index is 1.69. The molecule has 3 aromatic rings. The molecule has 6 heteroatoms. The molecule has 0 aliphatic rings. The lowest BCUT2D eigenvalue weighted by molar-refractivity contribution is -0.139. The van der Waals surface area contributed by atoms with E-state index in [2.05, 4.69) is 15.3 Å². The summed E-state index contributed by atoms with van der Waals surface area (Å²) in [7, 11) is 0. The van der Waals surface area contributed by atoms with Gasteiger partial charge in [-0.2, -0.15) is 0 Å². The van der Waals surface area contributed by atoms with E-state index >= 15 is 0 Å². The first-order valence-corrected chi connectivity index (χ1v) is 9.53. The zero-order chi connectivity index (χ0) is 18.4. The van der Waals surface area contributed by atoms with E-state index in [0.29, 0.717) is 5.75 Å². The van der Waals surface area contributed by atoms with Gasteiger partial charge >= 0.3 is 5.97 Å². The van der Waals surface area contributed by atoms with Crippen molar-refractivity contribution in [3.63, 3.8) is 0 Å². The number of aromatic nitrogens is 2. The van der Waals surface area contributed by atoms with Crippen LogP contribution in [0.4, 0.5) is 10.8 Å². The molecule has 0 unspecified atom stereocenters. The average Bonchev–Trinajstić information content (AvgIpc) is 3.12. The van der Waals surface area contributed by atoms with Crippen LogP contribution in [-0.2, 0) is 4.79 Å². The van der Waals surface area contributed by atoms with Gasteiger partial charge in [0.15, 0.2) is 5.13 Å². The van der Waals surface area contributed by atoms with Crippen LogP contribution in [0.15, 0.2) is 54.0 Å². The van der Waals surface area contributed by atoms with Gasteiger partial charge in [-0.05, 0) is 37.1 Å². The summed E-state index contributed by atoms with van der Waals surface area (Å²) in [6.45, 7) is 3.99. The van der Waals surface area contributed by atoms with Crippen molar-refractivity contribution in [3.8, 4) is 17.1 Å². The summed E-state index contributed by atoms with van der Waals surface area (Å²) >= 11 is 1.50. The zero-order valence-electron chi connectivity index (χ0n) is 14.8. The van der Waals surface area contributed by atoms with Crippen LogP contribution in [0.25, 0.3) is 11.4 Å². The average molecular weight is 367 g/mol. The molecule has 26 heavy (non-hydrogen) atoms. The van der Waals surface area contributed by atoms with Gasteiger partial charge in [0.2, 0.25) is 0 Å². The van der Waals surface area contributed by atoms with Crippen molar-refractivity contribution in [2.45, 2.75) is 26.7 Å². The SMILES string of the molecule is CCC(CC)C(=O)Oc1cccc(Nc2nc(-c3ccccn3)cs2)c1. The Bertz CT molecular complexity index is 860. The first-order valence-electron chi connectivity index (χ1n) is 8.65. The van der Waals surface area contributed by atoms with Gasteiger partial charge in [0.05, 0.1) is 11.6 Å². The van der Waals surface area contributed by atoms with Crippen molar-refractivity contribution in [1.29, 1.82) is 0 Å². The number of hydrogen-bond acceptors (Lipinski definition) is 6. The molecule has 5 nitrogen and oxygen atoms in total. The highest BCUT2D eigenvalue weighted by Gasteiger charge is 2.16. The number of pyridine rings is 1. The second-order valence-corrected chi connectivity index (χ2v) is 6.70. The van der Waals surface area contributed by atoms with E-state index in [9.17, 15) is 4.79 Å². The van der Waals surface area contributed by atoms with Crippen molar-refractivity contribution < 1.29 is 9.53 Å². The molecule has 0 saturated carbocycles. The van der Waals surface area contributed by atoms with Gasteiger partial charge < -0.3 is 10.1 Å². The van der Waals surface area contributed by atoms with E-state index in [1.165, 1.54) is 11.3 Å². The van der Waals surface area contributed by atoms with Crippen LogP contribution in [0, 0.1) is 5.92 Å². The number of benzene rings is 1. The molecule has 1 N–H and O–H groups in total. The number of anilines is 2. The minimum Gasteiger partial charge on any atom is -0.426 e. The van der Waals surface area contributed by atoms with Gasteiger partial charge in [0.1, 0.15) is 11.4 Å². The van der Waals surface area contributed by atoms with Crippen LogP contribution in [0.5, 0.6) is 5.75 Å². The molecule has 1 aromatic carbocycles. The number of thiazole rings is 1. The third-order valence-corrected chi connectivity index (χ3v) is 4.81. The van der Waals surface area contributed by atoms with E-state index in [4.69, 9.17) is 4.74 Å². The summed E-state index contributed by atoms with van der Waals surface area (Å²) in [5.74, 6) is 0.291. The molecule has 2 heterocycles. The summed E-state index contributed by atoms with van der Waals surface area (Å²) in [5, 5.41) is 5.97. The van der Waals surface area contributed by atoms with E-state index in [-0.39, 0.29) is 11.9 Å². The fourth-order valence-corrected chi connectivity index (χ4v) is 3.27. The number of esters is 1. The Labute approximate surface area is 157 Å². The predicted octanol–water partition coefficient (Wildman–Crippen LogP) is 5.29. The van der Waals surface area contributed by atoms with Crippen LogP contribution in [0.2, 0.25) is 0 Å². The number of carbonyl (C=O) groups excluding carboxylic acids is 1. The fraction of sp³-hybridized carbons (Fsp3) is 0.250. The number of carbonyl (C=O) groups is 1. The number of hydrogen-bond donors (Lipinski definition) is 1. The normalized spacial score (nSPS) is 10.7. The molecule has 0 spiro atoms. The fourth-order valence-electron chi connectivity index (χ4n) is 2.55. The largest absolute Gasteiger partial charge is 0.426 e. The second kappa shape index (κ2) is 8.58. The van der Waals surface area contributed by atoms with Crippen LogP contribution >= 0.6 is 11.3 Å². The summed E-state index contributed by atoms with van der Waals surface area (Å²) in [6.07, 6.45) is 3.31. The highest BCUT2D eigenvalue weighted by atomic mass is 32.1. The van der Waals surface area contributed by atoms with Gasteiger partial charge in [-0.3, -0.25) is 9.78 Å². The second-order valence-electron chi connectivity index (χ2n) is 5.84. The molecule has 0 aliphatic carbocycles. The molecule has 0 atom stereocenters. The lowest BCUT2D eigenvalue weighted by Gasteiger charge is -2.12. The minimum atomic E-state index is -0.182. The maximum Gasteiger partial charge on any atom is 0.314 e. The van der Waals surface area contributed by atoms with Crippen molar-refractivity contribution in [1.82, 2.24) is 9.97 Å². The molecule has 0 amide bonds. The summed E-state index contributed by atoms with van der Waals surface area (Å²) in [5.41, 5.74) is 2.49. The Kier molecular flexibility index (Phi) is 5.96. The lowest BCUT2D eigenvalue weighted by Crippen LogP contribution is -2.19.